The Morgan fingerprint density at radius 3 is 2.83 bits per heavy atom. The Bertz CT molecular complexity index is 511. The first-order valence-electron chi connectivity index (χ1n) is 7.86. The van der Waals surface area contributed by atoms with Crippen molar-refractivity contribution in [2.45, 2.75) is 6.42 Å². The number of rotatable bonds is 7. The van der Waals surface area contributed by atoms with Crippen LogP contribution in [-0.4, -0.2) is 74.4 Å². The van der Waals surface area contributed by atoms with E-state index in [0.29, 0.717) is 28.3 Å². The highest BCUT2D eigenvalue weighted by Gasteiger charge is 2.31. The molecule has 1 aromatic rings. The fourth-order valence-electron chi connectivity index (χ4n) is 3.11. The first-order chi connectivity index (χ1) is 11.0. The number of halogens is 1. The van der Waals surface area contributed by atoms with Gasteiger partial charge in [0.05, 0.1) is 15.8 Å². The summed E-state index contributed by atoms with van der Waals surface area (Å²) in [4.78, 5) is 17.4. The van der Waals surface area contributed by atoms with E-state index < -0.39 is 0 Å². The van der Waals surface area contributed by atoms with Crippen molar-refractivity contribution in [2.75, 3.05) is 53.6 Å². The van der Waals surface area contributed by atoms with Gasteiger partial charge in [-0.1, -0.05) is 11.6 Å². The summed E-state index contributed by atoms with van der Waals surface area (Å²) in [6.45, 7) is 3.92. The Labute approximate surface area is 146 Å². The number of amides is 1. The van der Waals surface area contributed by atoms with E-state index in [2.05, 4.69) is 11.9 Å². The van der Waals surface area contributed by atoms with Crippen LogP contribution in [0.1, 0.15) is 16.1 Å². The van der Waals surface area contributed by atoms with Crippen LogP contribution in [0.5, 0.6) is 0 Å². The minimum Gasteiger partial charge on any atom is -0.396 e. The molecule has 1 aliphatic rings. The largest absolute Gasteiger partial charge is 0.396 e. The lowest BCUT2D eigenvalue weighted by atomic mass is 9.89. The molecule has 1 amide bonds. The third-order valence-corrected chi connectivity index (χ3v) is 5.42. The normalized spacial score (nSPS) is 21.9. The van der Waals surface area contributed by atoms with E-state index >= 15 is 0 Å². The second-order valence-electron chi connectivity index (χ2n) is 6.22. The molecule has 1 saturated heterocycles. The zero-order valence-electron chi connectivity index (χ0n) is 13.7. The standard InChI is InChI=1S/C16H25ClN2O3S/c1-18(5-6-22-2)8-12-7-13(11-20)10-19(9-12)16(21)14-3-4-15(17)23-14/h3-4,12-13,20H,5-11H2,1-2H3. The molecule has 23 heavy (non-hydrogen) atoms. The molecule has 0 saturated carbocycles. The van der Waals surface area contributed by atoms with E-state index in [1.54, 1.807) is 19.2 Å². The maximum Gasteiger partial charge on any atom is 0.263 e. The molecule has 0 bridgehead atoms. The van der Waals surface area contributed by atoms with E-state index in [9.17, 15) is 9.90 Å². The van der Waals surface area contributed by atoms with Gasteiger partial charge in [0, 0.05) is 39.9 Å². The second kappa shape index (κ2) is 8.99. The molecule has 7 heteroatoms. The number of methoxy groups -OCH3 is 1. The summed E-state index contributed by atoms with van der Waals surface area (Å²) in [5.41, 5.74) is 0. The zero-order valence-corrected chi connectivity index (χ0v) is 15.3. The quantitative estimate of drug-likeness (QED) is 0.808. The molecule has 2 heterocycles. The lowest BCUT2D eigenvalue weighted by Crippen LogP contribution is -2.47. The highest BCUT2D eigenvalue weighted by Crippen LogP contribution is 2.27. The van der Waals surface area contributed by atoms with Crippen LogP contribution in [0, 0.1) is 11.8 Å². The maximum atomic E-state index is 12.6. The van der Waals surface area contributed by atoms with Crippen molar-refractivity contribution in [1.29, 1.82) is 0 Å². The summed E-state index contributed by atoms with van der Waals surface area (Å²) in [6, 6.07) is 3.53. The van der Waals surface area contributed by atoms with Crippen molar-refractivity contribution in [3.63, 3.8) is 0 Å². The number of piperidine rings is 1. The summed E-state index contributed by atoms with van der Waals surface area (Å²) in [7, 11) is 3.76. The van der Waals surface area contributed by atoms with Gasteiger partial charge in [-0.05, 0) is 37.4 Å². The van der Waals surface area contributed by atoms with Crippen molar-refractivity contribution in [1.82, 2.24) is 9.80 Å². The van der Waals surface area contributed by atoms with E-state index in [0.717, 1.165) is 26.1 Å². The van der Waals surface area contributed by atoms with Crippen LogP contribution < -0.4 is 0 Å². The minimum absolute atomic E-state index is 0.0181. The molecule has 0 aliphatic carbocycles. The van der Waals surface area contributed by atoms with Crippen LogP contribution in [-0.2, 0) is 4.74 Å². The van der Waals surface area contributed by atoms with Gasteiger partial charge in [0.2, 0.25) is 0 Å². The molecule has 2 atom stereocenters. The Balaban J connectivity index is 1.98. The number of carbonyl (C=O) groups excluding carboxylic acids is 1. The predicted molar refractivity (Wildman–Crippen MR) is 93.3 cm³/mol. The van der Waals surface area contributed by atoms with Gasteiger partial charge in [-0.3, -0.25) is 4.79 Å². The number of likely N-dealkylation sites (N-methyl/N-ethyl adjacent to an activating group) is 1. The monoisotopic (exact) mass is 360 g/mol. The summed E-state index contributed by atoms with van der Waals surface area (Å²) >= 11 is 7.24. The van der Waals surface area contributed by atoms with E-state index in [4.69, 9.17) is 16.3 Å². The molecular formula is C16H25ClN2O3S. The Kier molecular flexibility index (Phi) is 7.30. The molecular weight excluding hydrogens is 336 g/mol. The number of nitrogens with zero attached hydrogens (tertiary/aromatic N) is 2. The van der Waals surface area contributed by atoms with Gasteiger partial charge in [-0.25, -0.2) is 0 Å². The molecule has 2 unspecified atom stereocenters. The molecule has 1 N–H and O–H groups in total. The summed E-state index contributed by atoms with van der Waals surface area (Å²) in [6.07, 6.45) is 0.947. The van der Waals surface area contributed by atoms with Crippen LogP contribution in [0.25, 0.3) is 0 Å². The molecule has 1 fully saturated rings. The molecule has 0 spiro atoms. The van der Waals surface area contributed by atoms with Crippen LogP contribution in [0.4, 0.5) is 0 Å². The smallest absolute Gasteiger partial charge is 0.263 e. The number of thiophene rings is 1. The van der Waals surface area contributed by atoms with Gasteiger partial charge in [0.15, 0.2) is 0 Å². The van der Waals surface area contributed by atoms with Crippen molar-refractivity contribution in [3.8, 4) is 0 Å². The fraction of sp³-hybridized carbons (Fsp3) is 0.688. The number of hydrogen-bond donors (Lipinski definition) is 1. The minimum atomic E-state index is 0.0181. The third-order valence-electron chi connectivity index (χ3n) is 4.20. The lowest BCUT2D eigenvalue weighted by Gasteiger charge is -2.38. The average molecular weight is 361 g/mol. The molecule has 1 aliphatic heterocycles. The van der Waals surface area contributed by atoms with Crippen molar-refractivity contribution in [3.05, 3.63) is 21.3 Å². The predicted octanol–water partition coefficient (Wildman–Crippen LogP) is 2.05. The second-order valence-corrected chi connectivity index (χ2v) is 7.93. The fourth-order valence-corrected chi connectivity index (χ4v) is 4.12. The van der Waals surface area contributed by atoms with Gasteiger partial charge in [0.1, 0.15) is 0 Å². The summed E-state index contributed by atoms with van der Waals surface area (Å²) in [5, 5.41) is 9.57. The average Bonchev–Trinajstić information content (AvgIpc) is 2.98. The van der Waals surface area contributed by atoms with Gasteiger partial charge in [-0.15, -0.1) is 11.3 Å². The van der Waals surface area contributed by atoms with Gasteiger partial charge >= 0.3 is 0 Å². The Morgan fingerprint density at radius 1 is 1.48 bits per heavy atom. The zero-order chi connectivity index (χ0) is 16.8. The molecule has 130 valence electrons. The van der Waals surface area contributed by atoms with Crippen molar-refractivity contribution in [2.24, 2.45) is 11.8 Å². The number of hydrogen-bond acceptors (Lipinski definition) is 5. The summed E-state index contributed by atoms with van der Waals surface area (Å²) in [5.74, 6) is 0.524. The topological polar surface area (TPSA) is 53.0 Å². The lowest BCUT2D eigenvalue weighted by molar-refractivity contribution is 0.0455. The summed E-state index contributed by atoms with van der Waals surface area (Å²) < 4.78 is 5.73. The number of aliphatic hydroxyl groups excluding tert-OH is 1. The molecule has 2 rings (SSSR count). The van der Waals surface area contributed by atoms with E-state index in [1.807, 2.05) is 4.90 Å². The van der Waals surface area contributed by atoms with Crippen LogP contribution in [0.2, 0.25) is 4.34 Å². The Hall–Kier alpha value is -0.660. The highest BCUT2D eigenvalue weighted by molar-refractivity contribution is 7.17. The van der Waals surface area contributed by atoms with Gasteiger partial charge in [-0.2, -0.15) is 0 Å². The van der Waals surface area contributed by atoms with Crippen molar-refractivity contribution < 1.29 is 14.6 Å². The molecule has 5 nitrogen and oxygen atoms in total. The first-order valence-corrected chi connectivity index (χ1v) is 9.05. The number of aliphatic hydroxyl groups is 1. The molecule has 0 aromatic carbocycles. The first kappa shape index (κ1) is 18.7. The third kappa shape index (κ3) is 5.43. The van der Waals surface area contributed by atoms with Crippen LogP contribution >= 0.6 is 22.9 Å². The number of likely N-dealkylation sites (tertiary alicyclic amines) is 1. The SMILES string of the molecule is COCCN(C)CC1CC(CO)CN(C(=O)c2ccc(Cl)s2)C1. The van der Waals surface area contributed by atoms with Crippen LogP contribution in [0.15, 0.2) is 12.1 Å². The molecule has 0 radical (unpaired) electrons. The molecule has 1 aromatic heterocycles. The van der Waals surface area contributed by atoms with Gasteiger partial charge in [0.25, 0.3) is 5.91 Å². The van der Waals surface area contributed by atoms with Crippen LogP contribution in [0.3, 0.4) is 0 Å². The van der Waals surface area contributed by atoms with Gasteiger partial charge < -0.3 is 19.6 Å². The Morgan fingerprint density at radius 2 is 2.22 bits per heavy atom. The number of carbonyl (C=O) groups is 1. The van der Waals surface area contributed by atoms with E-state index in [1.165, 1.54) is 11.3 Å². The maximum absolute atomic E-state index is 12.6. The van der Waals surface area contributed by atoms with Crippen molar-refractivity contribution >= 4 is 28.8 Å². The van der Waals surface area contributed by atoms with E-state index in [-0.39, 0.29) is 18.4 Å². The highest BCUT2D eigenvalue weighted by atomic mass is 35.5. The number of ether oxygens (including phenoxy) is 1.